The quantitative estimate of drug-likeness (QED) is 0.622. The van der Waals surface area contributed by atoms with Crippen LogP contribution in [0.2, 0.25) is 0 Å². The smallest absolute Gasteiger partial charge is 0.253 e. The lowest BCUT2D eigenvalue weighted by atomic mass is 9.92. The molecule has 0 spiro atoms. The Morgan fingerprint density at radius 2 is 1.77 bits per heavy atom. The van der Waals surface area contributed by atoms with Crippen LogP contribution in [-0.2, 0) is 22.0 Å². The maximum Gasteiger partial charge on any atom is 0.253 e. The molecule has 8 heteroatoms. The van der Waals surface area contributed by atoms with Gasteiger partial charge in [-0.25, -0.2) is 13.4 Å². The Morgan fingerprint density at radius 1 is 1.06 bits per heavy atom. The summed E-state index contributed by atoms with van der Waals surface area (Å²) in [6, 6.07) is 10.5. The van der Waals surface area contributed by atoms with Crippen molar-refractivity contribution < 1.29 is 8.42 Å². The maximum atomic E-state index is 13.3. The molecule has 31 heavy (non-hydrogen) atoms. The largest absolute Gasteiger partial charge is 0.299 e. The van der Waals surface area contributed by atoms with Crippen molar-refractivity contribution in [1.29, 1.82) is 0 Å². The second-order valence-electron chi connectivity index (χ2n) is 9.19. The third kappa shape index (κ3) is 4.41. The number of benzene rings is 1. The topological polar surface area (TPSA) is 85.2 Å². The van der Waals surface area contributed by atoms with Gasteiger partial charge in [-0.05, 0) is 30.9 Å². The molecule has 1 aliphatic heterocycles. The average Bonchev–Trinajstić information content (AvgIpc) is 2.74. The van der Waals surface area contributed by atoms with Crippen molar-refractivity contribution in [2.75, 3.05) is 13.1 Å². The first-order valence-electron chi connectivity index (χ1n) is 10.6. The van der Waals surface area contributed by atoms with Gasteiger partial charge in [0.15, 0.2) is 0 Å². The van der Waals surface area contributed by atoms with Gasteiger partial charge >= 0.3 is 0 Å². The Balaban J connectivity index is 1.47. The standard InChI is InChI=1S/C23H28N4O3S/c1-23(2,3)20-14-21(28)26(16-25-20)15-17-9-12-27(13-10-17)31(29,30)19-8-4-6-18-7-5-11-24-22(18)19/h4-8,11,14,16-17H,9-10,12-13,15H2,1-3H3. The van der Waals surface area contributed by atoms with Crippen LogP contribution in [0.25, 0.3) is 10.9 Å². The number of rotatable bonds is 4. The van der Waals surface area contributed by atoms with E-state index in [1.165, 1.54) is 4.31 Å². The molecule has 1 aromatic carbocycles. The van der Waals surface area contributed by atoms with Gasteiger partial charge in [0, 0.05) is 42.7 Å². The minimum Gasteiger partial charge on any atom is -0.299 e. The normalized spacial score (nSPS) is 16.6. The van der Waals surface area contributed by atoms with Crippen molar-refractivity contribution in [2.45, 2.75) is 50.5 Å². The van der Waals surface area contributed by atoms with Crippen LogP contribution in [0.1, 0.15) is 39.3 Å². The molecule has 0 bridgehead atoms. The lowest BCUT2D eigenvalue weighted by Gasteiger charge is -2.31. The van der Waals surface area contributed by atoms with E-state index in [-0.39, 0.29) is 21.8 Å². The highest BCUT2D eigenvalue weighted by Crippen LogP contribution is 2.28. The van der Waals surface area contributed by atoms with Gasteiger partial charge in [0.05, 0.1) is 17.5 Å². The summed E-state index contributed by atoms with van der Waals surface area (Å²) in [6.45, 7) is 7.50. The van der Waals surface area contributed by atoms with Crippen LogP contribution < -0.4 is 5.56 Å². The third-order valence-corrected chi connectivity index (χ3v) is 7.82. The number of aromatic nitrogens is 3. The molecule has 7 nitrogen and oxygen atoms in total. The Bertz CT molecular complexity index is 1250. The lowest BCUT2D eigenvalue weighted by molar-refractivity contribution is 0.250. The second kappa shape index (κ2) is 8.16. The molecule has 0 saturated carbocycles. The summed E-state index contributed by atoms with van der Waals surface area (Å²) < 4.78 is 29.7. The molecule has 1 saturated heterocycles. The van der Waals surface area contributed by atoms with E-state index in [2.05, 4.69) is 9.97 Å². The summed E-state index contributed by atoms with van der Waals surface area (Å²) in [5.41, 5.74) is 1.05. The average molecular weight is 441 g/mol. The molecule has 0 amide bonds. The van der Waals surface area contributed by atoms with E-state index in [0.29, 0.717) is 38.0 Å². The van der Waals surface area contributed by atoms with Gasteiger partial charge in [0.1, 0.15) is 4.90 Å². The predicted molar refractivity (Wildman–Crippen MR) is 120 cm³/mol. The fourth-order valence-electron chi connectivity index (χ4n) is 4.01. The first kappa shape index (κ1) is 21.6. The second-order valence-corrected chi connectivity index (χ2v) is 11.1. The van der Waals surface area contributed by atoms with Crippen LogP contribution in [0.15, 0.2) is 58.6 Å². The molecule has 1 aliphatic rings. The van der Waals surface area contributed by atoms with E-state index in [0.717, 1.165) is 11.1 Å². The van der Waals surface area contributed by atoms with Crippen molar-refractivity contribution in [3.05, 3.63) is 65.0 Å². The maximum absolute atomic E-state index is 13.3. The first-order valence-corrected chi connectivity index (χ1v) is 12.0. The van der Waals surface area contributed by atoms with Crippen LogP contribution in [0.5, 0.6) is 0 Å². The number of nitrogens with zero attached hydrogens (tertiary/aromatic N) is 4. The summed E-state index contributed by atoms with van der Waals surface area (Å²) >= 11 is 0. The molecule has 0 radical (unpaired) electrons. The SMILES string of the molecule is CC(C)(C)c1cc(=O)n(CC2CCN(S(=O)(=O)c3cccc4cccnc34)CC2)cn1. The molecule has 2 aromatic heterocycles. The summed E-state index contributed by atoms with van der Waals surface area (Å²) in [7, 11) is -3.63. The Hall–Kier alpha value is -2.58. The van der Waals surface area contributed by atoms with Crippen molar-refractivity contribution in [3.63, 3.8) is 0 Å². The minimum absolute atomic E-state index is 0.0585. The number of hydrogen-bond donors (Lipinski definition) is 0. The summed E-state index contributed by atoms with van der Waals surface area (Å²) in [5, 5.41) is 0.809. The van der Waals surface area contributed by atoms with Gasteiger partial charge in [-0.2, -0.15) is 4.31 Å². The van der Waals surface area contributed by atoms with E-state index in [9.17, 15) is 13.2 Å². The highest BCUT2D eigenvalue weighted by atomic mass is 32.2. The van der Waals surface area contributed by atoms with E-state index in [4.69, 9.17) is 0 Å². The van der Waals surface area contributed by atoms with Crippen LogP contribution in [0.3, 0.4) is 0 Å². The molecule has 0 N–H and O–H groups in total. The zero-order valence-corrected chi connectivity index (χ0v) is 19.0. The van der Waals surface area contributed by atoms with Gasteiger partial charge in [-0.1, -0.05) is 39.0 Å². The fraction of sp³-hybridized carbons (Fsp3) is 0.435. The summed E-state index contributed by atoms with van der Waals surface area (Å²) in [6.07, 6.45) is 4.63. The number of para-hydroxylation sites is 1. The Kier molecular flexibility index (Phi) is 5.70. The Labute approximate surface area is 182 Å². The number of piperidine rings is 1. The van der Waals surface area contributed by atoms with Crippen LogP contribution in [0, 0.1) is 5.92 Å². The van der Waals surface area contributed by atoms with Crippen LogP contribution >= 0.6 is 0 Å². The molecule has 164 valence electrons. The highest BCUT2D eigenvalue weighted by Gasteiger charge is 2.31. The van der Waals surface area contributed by atoms with Crippen LogP contribution in [-0.4, -0.2) is 40.3 Å². The first-order chi connectivity index (χ1) is 14.7. The van der Waals surface area contributed by atoms with Gasteiger partial charge in [-0.15, -0.1) is 0 Å². The zero-order valence-electron chi connectivity index (χ0n) is 18.2. The van der Waals surface area contributed by atoms with Crippen molar-refractivity contribution >= 4 is 20.9 Å². The molecular weight excluding hydrogens is 412 g/mol. The van der Waals surface area contributed by atoms with Crippen molar-refractivity contribution in [3.8, 4) is 0 Å². The molecule has 3 heterocycles. The van der Waals surface area contributed by atoms with Gasteiger partial charge in [-0.3, -0.25) is 14.3 Å². The number of hydrogen-bond acceptors (Lipinski definition) is 5. The Morgan fingerprint density at radius 3 is 2.45 bits per heavy atom. The summed E-state index contributed by atoms with van der Waals surface area (Å²) in [5.74, 6) is 0.233. The molecule has 4 rings (SSSR count). The minimum atomic E-state index is -3.63. The molecule has 3 aromatic rings. The van der Waals surface area contributed by atoms with Gasteiger partial charge in [0.25, 0.3) is 5.56 Å². The third-order valence-electron chi connectivity index (χ3n) is 5.89. The number of fused-ring (bicyclic) bond motifs is 1. The van der Waals surface area contributed by atoms with Crippen molar-refractivity contribution in [1.82, 2.24) is 18.8 Å². The monoisotopic (exact) mass is 440 g/mol. The predicted octanol–water partition coefficient (Wildman–Crippen LogP) is 3.19. The molecule has 0 aliphatic carbocycles. The number of sulfonamides is 1. The molecule has 0 unspecified atom stereocenters. The summed E-state index contributed by atoms with van der Waals surface area (Å²) in [4.78, 5) is 21.5. The van der Waals surface area contributed by atoms with E-state index < -0.39 is 10.0 Å². The van der Waals surface area contributed by atoms with Gasteiger partial charge < -0.3 is 0 Å². The lowest BCUT2D eigenvalue weighted by Crippen LogP contribution is -2.40. The molecular formula is C23H28N4O3S. The molecule has 0 atom stereocenters. The van der Waals surface area contributed by atoms with Gasteiger partial charge in [0.2, 0.25) is 10.0 Å². The zero-order chi connectivity index (χ0) is 22.2. The van der Waals surface area contributed by atoms with E-state index in [1.807, 2.05) is 32.9 Å². The fourth-order valence-corrected chi connectivity index (χ4v) is 5.64. The number of pyridine rings is 1. The van der Waals surface area contributed by atoms with E-state index >= 15 is 0 Å². The van der Waals surface area contributed by atoms with Crippen LogP contribution in [0.4, 0.5) is 0 Å². The molecule has 1 fully saturated rings. The highest BCUT2D eigenvalue weighted by molar-refractivity contribution is 7.89. The van der Waals surface area contributed by atoms with Crippen molar-refractivity contribution in [2.24, 2.45) is 5.92 Å². The van der Waals surface area contributed by atoms with E-state index in [1.54, 1.807) is 41.4 Å².